The fourth-order valence-corrected chi connectivity index (χ4v) is 5.46. The molecule has 0 bridgehead atoms. The van der Waals surface area contributed by atoms with E-state index in [9.17, 15) is 0 Å². The summed E-state index contributed by atoms with van der Waals surface area (Å²) in [5.41, 5.74) is 0. The summed E-state index contributed by atoms with van der Waals surface area (Å²) in [4.78, 5) is 0. The number of allylic oxidation sites excluding steroid dienone is 4. The molecule has 7 aromatic carbocycles. The molecule has 1 heteroatoms. The van der Waals surface area contributed by atoms with E-state index >= 15 is 0 Å². The molecule has 0 radical (unpaired) electrons. The second-order valence-electron chi connectivity index (χ2n) is 9.50. The van der Waals surface area contributed by atoms with Gasteiger partial charge in [0.05, 0.1) is 0 Å². The SMILES string of the molecule is C1=CC=CNC=C1.c1ccc2cc3c(cc2c1)c1cc2ccccc2cc1c1cc2ccccc2cc31. The van der Waals surface area contributed by atoms with Crippen molar-refractivity contribution in [2.45, 2.75) is 0 Å². The monoisotopic (exact) mass is 471 g/mol. The molecule has 0 atom stereocenters. The van der Waals surface area contributed by atoms with Gasteiger partial charge in [0.25, 0.3) is 0 Å². The third-order valence-electron chi connectivity index (χ3n) is 7.25. The van der Waals surface area contributed by atoms with Crippen molar-refractivity contribution in [3.63, 3.8) is 0 Å². The van der Waals surface area contributed by atoms with Crippen LogP contribution in [0.3, 0.4) is 0 Å². The molecule has 0 spiro atoms. The van der Waals surface area contributed by atoms with E-state index in [0.29, 0.717) is 0 Å². The first-order valence-corrected chi connectivity index (χ1v) is 12.7. The summed E-state index contributed by atoms with van der Waals surface area (Å²) in [5.74, 6) is 0. The minimum Gasteiger partial charge on any atom is -0.368 e. The molecule has 1 nitrogen and oxygen atoms in total. The van der Waals surface area contributed by atoms with Crippen LogP contribution in [0, 0.1) is 0 Å². The Labute approximate surface area is 215 Å². The van der Waals surface area contributed by atoms with Crippen LogP contribution in [0.25, 0.3) is 64.6 Å². The van der Waals surface area contributed by atoms with Crippen LogP contribution in [-0.2, 0) is 0 Å². The Kier molecular flexibility index (Phi) is 5.19. The van der Waals surface area contributed by atoms with Gasteiger partial charge in [-0.25, -0.2) is 0 Å². The van der Waals surface area contributed by atoms with Crippen LogP contribution in [0.1, 0.15) is 0 Å². The molecule has 8 rings (SSSR count). The Morgan fingerprint density at radius 3 is 0.784 bits per heavy atom. The summed E-state index contributed by atoms with van der Waals surface area (Å²) in [7, 11) is 0. The average molecular weight is 472 g/mol. The van der Waals surface area contributed by atoms with Gasteiger partial charge in [-0.05, 0) is 113 Å². The van der Waals surface area contributed by atoms with E-state index < -0.39 is 0 Å². The summed E-state index contributed by atoms with van der Waals surface area (Å²) in [6.45, 7) is 0. The van der Waals surface area contributed by atoms with Gasteiger partial charge in [0.1, 0.15) is 0 Å². The highest BCUT2D eigenvalue weighted by Gasteiger charge is 2.12. The maximum Gasteiger partial charge on any atom is 0.000442 e. The normalized spacial score (nSPS) is 12.8. The minimum absolute atomic E-state index is 1.29. The smallest absolute Gasteiger partial charge is 0.000442 e. The molecule has 0 unspecified atom stereocenters. The molecule has 7 aromatic rings. The molecule has 0 aliphatic carbocycles. The zero-order valence-electron chi connectivity index (χ0n) is 20.4. The number of nitrogens with one attached hydrogen (secondary N) is 1. The van der Waals surface area contributed by atoms with E-state index in [4.69, 9.17) is 0 Å². The molecule has 0 saturated heterocycles. The maximum absolute atomic E-state index is 2.92. The maximum atomic E-state index is 2.92. The largest absolute Gasteiger partial charge is 0.368 e. The lowest BCUT2D eigenvalue weighted by Gasteiger charge is -2.14. The van der Waals surface area contributed by atoms with Crippen molar-refractivity contribution in [2.24, 2.45) is 0 Å². The molecule has 0 fully saturated rings. The fraction of sp³-hybridized carbons (Fsp3) is 0. The van der Waals surface area contributed by atoms with Crippen LogP contribution in [0.15, 0.2) is 146 Å². The number of hydrogen-bond donors (Lipinski definition) is 1. The minimum atomic E-state index is 1.29. The molecule has 1 aliphatic heterocycles. The Morgan fingerprint density at radius 2 is 0.541 bits per heavy atom. The molecular weight excluding hydrogens is 446 g/mol. The van der Waals surface area contributed by atoms with Crippen molar-refractivity contribution in [3.05, 3.63) is 146 Å². The zero-order valence-corrected chi connectivity index (χ0v) is 20.4. The van der Waals surface area contributed by atoms with Crippen LogP contribution < -0.4 is 5.32 Å². The standard InChI is InChI=1S/C30H18.C6H7N/c1-2-8-20-14-26-25(13-19(20)7-1)27-15-21-9-3-4-11-23(21)17-29(27)30-18-24-12-6-5-10-22(24)16-28(26)30;1-2-4-6-7-5-3-1/h1-18H;1-7H. The quantitative estimate of drug-likeness (QED) is 0.171. The molecule has 1 aliphatic rings. The molecule has 37 heavy (non-hydrogen) atoms. The first kappa shape index (κ1) is 21.4. The van der Waals surface area contributed by atoms with E-state index in [1.165, 1.54) is 64.6 Å². The summed E-state index contributed by atoms with van der Waals surface area (Å²) >= 11 is 0. The molecule has 1 heterocycles. The highest BCUT2D eigenvalue weighted by molar-refractivity contribution is 6.30. The van der Waals surface area contributed by atoms with Crippen molar-refractivity contribution in [1.29, 1.82) is 0 Å². The van der Waals surface area contributed by atoms with Crippen LogP contribution in [0.5, 0.6) is 0 Å². The lowest BCUT2D eigenvalue weighted by Crippen LogP contribution is -1.87. The fourth-order valence-electron chi connectivity index (χ4n) is 5.46. The van der Waals surface area contributed by atoms with E-state index in [-0.39, 0.29) is 0 Å². The van der Waals surface area contributed by atoms with Gasteiger partial charge in [-0.3, -0.25) is 0 Å². The van der Waals surface area contributed by atoms with Crippen LogP contribution in [0.2, 0.25) is 0 Å². The number of benzene rings is 7. The van der Waals surface area contributed by atoms with Crippen LogP contribution in [-0.4, -0.2) is 0 Å². The molecule has 0 aromatic heterocycles. The molecular formula is C36H25N. The summed E-state index contributed by atoms with van der Waals surface area (Å²) in [6.07, 6.45) is 11.6. The van der Waals surface area contributed by atoms with Gasteiger partial charge in [-0.2, -0.15) is 0 Å². The highest BCUT2D eigenvalue weighted by Crippen LogP contribution is 2.40. The van der Waals surface area contributed by atoms with Gasteiger partial charge in [-0.15, -0.1) is 0 Å². The first-order chi connectivity index (χ1) is 18.3. The van der Waals surface area contributed by atoms with Crippen molar-refractivity contribution in [3.8, 4) is 0 Å². The van der Waals surface area contributed by atoms with Crippen molar-refractivity contribution in [1.82, 2.24) is 5.32 Å². The average Bonchev–Trinajstić information content (AvgIpc) is 3.29. The van der Waals surface area contributed by atoms with Crippen molar-refractivity contribution < 1.29 is 0 Å². The van der Waals surface area contributed by atoms with Crippen molar-refractivity contribution in [2.75, 3.05) is 0 Å². The summed E-state index contributed by atoms with van der Waals surface area (Å²) in [5, 5.41) is 18.7. The Morgan fingerprint density at radius 1 is 0.297 bits per heavy atom. The Bertz CT molecular complexity index is 1670. The predicted molar refractivity (Wildman–Crippen MR) is 162 cm³/mol. The second kappa shape index (κ2) is 8.96. The third-order valence-corrected chi connectivity index (χ3v) is 7.25. The lowest BCUT2D eigenvalue weighted by molar-refractivity contribution is 1.20. The second-order valence-corrected chi connectivity index (χ2v) is 9.50. The Balaban J connectivity index is 0.000000289. The van der Waals surface area contributed by atoms with Gasteiger partial charge in [0.2, 0.25) is 0 Å². The number of fused-ring (bicyclic) bond motifs is 9. The van der Waals surface area contributed by atoms with Gasteiger partial charge in [0.15, 0.2) is 0 Å². The third kappa shape index (κ3) is 3.82. The summed E-state index contributed by atoms with van der Waals surface area (Å²) < 4.78 is 0. The first-order valence-electron chi connectivity index (χ1n) is 12.7. The Hall–Kier alpha value is -4.88. The van der Waals surface area contributed by atoms with Gasteiger partial charge >= 0.3 is 0 Å². The molecule has 1 N–H and O–H groups in total. The topological polar surface area (TPSA) is 12.0 Å². The van der Waals surface area contributed by atoms with Crippen molar-refractivity contribution >= 4 is 64.6 Å². The van der Waals surface area contributed by atoms with E-state index in [2.05, 4.69) is 115 Å². The number of hydrogen-bond acceptors (Lipinski definition) is 1. The lowest BCUT2D eigenvalue weighted by atomic mass is 9.89. The van der Waals surface area contributed by atoms with Crippen LogP contribution in [0.4, 0.5) is 0 Å². The van der Waals surface area contributed by atoms with Crippen LogP contribution >= 0.6 is 0 Å². The molecule has 0 amide bonds. The van der Waals surface area contributed by atoms with E-state index in [0.717, 1.165) is 0 Å². The molecule has 174 valence electrons. The van der Waals surface area contributed by atoms with E-state index in [1.54, 1.807) is 0 Å². The predicted octanol–water partition coefficient (Wildman–Crippen LogP) is 9.78. The molecule has 0 saturated carbocycles. The highest BCUT2D eigenvalue weighted by atomic mass is 14.8. The van der Waals surface area contributed by atoms with Gasteiger partial charge < -0.3 is 5.32 Å². The van der Waals surface area contributed by atoms with Gasteiger partial charge in [-0.1, -0.05) is 84.9 Å². The van der Waals surface area contributed by atoms with Gasteiger partial charge in [0, 0.05) is 12.4 Å². The zero-order chi connectivity index (χ0) is 24.6. The van der Waals surface area contributed by atoms with E-state index in [1.807, 2.05) is 36.7 Å². The summed E-state index contributed by atoms with van der Waals surface area (Å²) in [6, 6.07) is 40.3. The number of rotatable bonds is 0.